The topological polar surface area (TPSA) is 87.3 Å². The van der Waals surface area contributed by atoms with Crippen LogP contribution in [0.2, 0.25) is 0 Å². The Balaban J connectivity index is 1.57. The molecule has 0 radical (unpaired) electrons. The summed E-state index contributed by atoms with van der Waals surface area (Å²) < 4.78 is 0. The largest absolute Gasteiger partial charge is 0.353 e. The maximum absolute atomic E-state index is 12.2. The second kappa shape index (κ2) is 6.81. The minimum atomic E-state index is -0.691. The van der Waals surface area contributed by atoms with Crippen molar-refractivity contribution in [2.24, 2.45) is 0 Å². The number of fused-ring (bicyclic) bond motifs is 1. The fraction of sp³-hybridized carbons (Fsp3) is 0.471. The molecule has 122 valence electrons. The van der Waals surface area contributed by atoms with E-state index in [9.17, 15) is 14.4 Å². The molecule has 1 aromatic rings. The second-order valence-electron chi connectivity index (χ2n) is 6.15. The Bertz CT molecular complexity index is 623. The summed E-state index contributed by atoms with van der Waals surface area (Å²) in [6.45, 7) is 0. The summed E-state index contributed by atoms with van der Waals surface area (Å²) >= 11 is 0. The first-order valence-electron chi connectivity index (χ1n) is 8.13. The second-order valence-corrected chi connectivity index (χ2v) is 6.15. The van der Waals surface area contributed by atoms with Gasteiger partial charge < -0.3 is 16.0 Å². The molecular weight excluding hydrogens is 294 g/mol. The summed E-state index contributed by atoms with van der Waals surface area (Å²) in [6.07, 6.45) is 4.90. The first-order chi connectivity index (χ1) is 11.1. The van der Waals surface area contributed by atoms with Gasteiger partial charge in [-0.15, -0.1) is 0 Å². The van der Waals surface area contributed by atoms with E-state index in [1.807, 2.05) is 0 Å². The number of para-hydroxylation sites is 1. The van der Waals surface area contributed by atoms with Gasteiger partial charge in [0.25, 0.3) is 5.91 Å². The molecule has 1 aromatic carbocycles. The SMILES string of the molecule is O=C(CCC1NC(=O)c2ccccc2NC1=O)NC1CCCC1. The Hall–Kier alpha value is -2.37. The molecular formula is C17H21N3O3. The molecule has 1 saturated carbocycles. The highest BCUT2D eigenvalue weighted by molar-refractivity contribution is 6.09. The van der Waals surface area contributed by atoms with Gasteiger partial charge in [-0.1, -0.05) is 25.0 Å². The van der Waals surface area contributed by atoms with E-state index < -0.39 is 6.04 Å². The minimum absolute atomic E-state index is 0.0549. The van der Waals surface area contributed by atoms with E-state index >= 15 is 0 Å². The molecule has 1 heterocycles. The molecule has 1 unspecified atom stereocenters. The zero-order chi connectivity index (χ0) is 16.2. The van der Waals surface area contributed by atoms with Gasteiger partial charge in [0.1, 0.15) is 6.04 Å². The zero-order valence-corrected chi connectivity index (χ0v) is 12.9. The predicted molar refractivity (Wildman–Crippen MR) is 86.0 cm³/mol. The summed E-state index contributed by atoms with van der Waals surface area (Å²) in [6, 6.07) is 6.46. The third-order valence-electron chi connectivity index (χ3n) is 4.43. The smallest absolute Gasteiger partial charge is 0.254 e. The molecule has 0 bridgehead atoms. The first kappa shape index (κ1) is 15.5. The summed E-state index contributed by atoms with van der Waals surface area (Å²) in [5.41, 5.74) is 0.951. The number of carbonyl (C=O) groups excluding carboxylic acids is 3. The third-order valence-corrected chi connectivity index (χ3v) is 4.43. The number of benzene rings is 1. The van der Waals surface area contributed by atoms with Crippen molar-refractivity contribution in [3.05, 3.63) is 29.8 Å². The first-order valence-corrected chi connectivity index (χ1v) is 8.13. The van der Waals surface area contributed by atoms with Crippen molar-refractivity contribution >= 4 is 23.4 Å². The number of nitrogens with one attached hydrogen (secondary N) is 3. The van der Waals surface area contributed by atoms with E-state index in [4.69, 9.17) is 0 Å². The average Bonchev–Trinajstić information content (AvgIpc) is 3.00. The average molecular weight is 315 g/mol. The van der Waals surface area contributed by atoms with Crippen molar-refractivity contribution in [2.75, 3.05) is 5.32 Å². The highest BCUT2D eigenvalue weighted by atomic mass is 16.2. The van der Waals surface area contributed by atoms with E-state index in [1.54, 1.807) is 24.3 Å². The highest BCUT2D eigenvalue weighted by Crippen LogP contribution is 2.20. The van der Waals surface area contributed by atoms with Crippen LogP contribution < -0.4 is 16.0 Å². The van der Waals surface area contributed by atoms with Crippen molar-refractivity contribution in [3.63, 3.8) is 0 Å². The van der Waals surface area contributed by atoms with Crippen molar-refractivity contribution in [2.45, 2.75) is 50.6 Å². The molecule has 3 rings (SSSR count). The van der Waals surface area contributed by atoms with Gasteiger partial charge in [0.15, 0.2) is 0 Å². The molecule has 1 aliphatic carbocycles. The number of amides is 3. The van der Waals surface area contributed by atoms with Crippen LogP contribution in [0.15, 0.2) is 24.3 Å². The van der Waals surface area contributed by atoms with Crippen LogP contribution in [-0.2, 0) is 9.59 Å². The van der Waals surface area contributed by atoms with Crippen molar-refractivity contribution in [1.82, 2.24) is 10.6 Å². The number of carbonyl (C=O) groups is 3. The van der Waals surface area contributed by atoms with E-state index in [-0.39, 0.29) is 30.2 Å². The van der Waals surface area contributed by atoms with E-state index in [0.717, 1.165) is 25.7 Å². The third kappa shape index (κ3) is 3.70. The molecule has 1 fully saturated rings. The molecule has 0 aromatic heterocycles. The lowest BCUT2D eigenvalue weighted by molar-refractivity contribution is -0.122. The minimum Gasteiger partial charge on any atom is -0.353 e. The Morgan fingerprint density at radius 1 is 1.17 bits per heavy atom. The van der Waals surface area contributed by atoms with Crippen molar-refractivity contribution < 1.29 is 14.4 Å². The highest BCUT2D eigenvalue weighted by Gasteiger charge is 2.28. The number of anilines is 1. The zero-order valence-electron chi connectivity index (χ0n) is 12.9. The molecule has 23 heavy (non-hydrogen) atoms. The number of rotatable bonds is 4. The van der Waals surface area contributed by atoms with E-state index in [1.165, 1.54) is 0 Å². The molecule has 6 heteroatoms. The fourth-order valence-corrected chi connectivity index (χ4v) is 3.16. The summed E-state index contributed by atoms with van der Waals surface area (Å²) in [5, 5.41) is 8.44. The van der Waals surface area contributed by atoms with E-state index in [0.29, 0.717) is 17.7 Å². The van der Waals surface area contributed by atoms with Gasteiger partial charge in [0.05, 0.1) is 11.3 Å². The van der Waals surface area contributed by atoms with Gasteiger partial charge in [0.2, 0.25) is 11.8 Å². The standard InChI is InChI=1S/C17H21N3O3/c21-15(18-11-5-1-2-6-11)10-9-14-17(23)19-13-8-4-3-7-12(13)16(22)20-14/h3-4,7-8,11,14H,1-2,5-6,9-10H2,(H,18,21)(H,19,23)(H,20,22). The Labute approximate surface area is 135 Å². The van der Waals surface area contributed by atoms with Crippen molar-refractivity contribution in [3.8, 4) is 0 Å². The van der Waals surface area contributed by atoms with E-state index in [2.05, 4.69) is 16.0 Å². The lowest BCUT2D eigenvalue weighted by atomic mass is 10.1. The molecule has 0 spiro atoms. The molecule has 1 atom stereocenters. The Morgan fingerprint density at radius 3 is 2.70 bits per heavy atom. The van der Waals surface area contributed by atoms with Gasteiger partial charge >= 0.3 is 0 Å². The van der Waals surface area contributed by atoms with Crippen LogP contribution in [0.4, 0.5) is 5.69 Å². The summed E-state index contributed by atoms with van der Waals surface area (Å²) in [5.74, 6) is -0.627. The van der Waals surface area contributed by atoms with Crippen LogP contribution >= 0.6 is 0 Å². The summed E-state index contributed by atoms with van der Waals surface area (Å²) in [7, 11) is 0. The van der Waals surface area contributed by atoms with Gasteiger partial charge in [-0.3, -0.25) is 14.4 Å². The number of hydrogen-bond acceptors (Lipinski definition) is 3. The van der Waals surface area contributed by atoms with Gasteiger partial charge in [0, 0.05) is 12.5 Å². The maximum Gasteiger partial charge on any atom is 0.254 e. The quantitative estimate of drug-likeness (QED) is 0.788. The van der Waals surface area contributed by atoms with Crippen LogP contribution in [0.25, 0.3) is 0 Å². The van der Waals surface area contributed by atoms with Crippen LogP contribution in [0.3, 0.4) is 0 Å². The Morgan fingerprint density at radius 2 is 1.91 bits per heavy atom. The maximum atomic E-state index is 12.2. The van der Waals surface area contributed by atoms with Crippen LogP contribution in [0, 0.1) is 0 Å². The molecule has 0 saturated heterocycles. The summed E-state index contributed by atoms with van der Waals surface area (Å²) in [4.78, 5) is 36.4. The number of hydrogen-bond donors (Lipinski definition) is 3. The predicted octanol–water partition coefficient (Wildman–Crippen LogP) is 1.58. The van der Waals surface area contributed by atoms with Gasteiger partial charge in [-0.2, -0.15) is 0 Å². The monoisotopic (exact) mass is 315 g/mol. The lowest BCUT2D eigenvalue weighted by Crippen LogP contribution is -2.42. The molecule has 2 aliphatic rings. The molecule has 3 amide bonds. The molecule has 3 N–H and O–H groups in total. The van der Waals surface area contributed by atoms with Gasteiger partial charge in [-0.05, 0) is 31.4 Å². The van der Waals surface area contributed by atoms with Crippen molar-refractivity contribution in [1.29, 1.82) is 0 Å². The normalized spacial score (nSPS) is 21.1. The molecule has 6 nitrogen and oxygen atoms in total. The van der Waals surface area contributed by atoms with Crippen LogP contribution in [0.1, 0.15) is 48.9 Å². The van der Waals surface area contributed by atoms with Crippen LogP contribution in [0.5, 0.6) is 0 Å². The van der Waals surface area contributed by atoms with Crippen LogP contribution in [-0.4, -0.2) is 29.8 Å². The molecule has 1 aliphatic heterocycles. The fourth-order valence-electron chi connectivity index (χ4n) is 3.16. The lowest BCUT2D eigenvalue weighted by Gasteiger charge is -2.16. The van der Waals surface area contributed by atoms with Gasteiger partial charge in [-0.25, -0.2) is 0 Å². The Kier molecular flexibility index (Phi) is 4.60.